The fraction of sp³-hybridized carbons (Fsp3) is 0.414. The number of ether oxygens (including phenoxy) is 1. The van der Waals surface area contributed by atoms with Gasteiger partial charge in [0.2, 0.25) is 23.8 Å². The van der Waals surface area contributed by atoms with Gasteiger partial charge in [-0.1, -0.05) is 37.3 Å². The SMILES string of the molecule is CC(CNc1nc(Nc2ccc3ncsc3c2)nc(N2CC3CC2CN3C(=O)C2CCOC2)n1)c1ccccc1. The maximum atomic E-state index is 13.1. The van der Waals surface area contributed by atoms with E-state index in [1.807, 2.05) is 23.7 Å². The summed E-state index contributed by atoms with van der Waals surface area (Å²) in [6.07, 6.45) is 1.76. The molecule has 2 aromatic heterocycles. The first-order valence-corrected chi connectivity index (χ1v) is 14.8. The van der Waals surface area contributed by atoms with Gasteiger partial charge in [0.15, 0.2) is 0 Å². The van der Waals surface area contributed by atoms with Crippen molar-refractivity contribution in [3.05, 3.63) is 59.6 Å². The van der Waals surface area contributed by atoms with E-state index in [1.165, 1.54) is 5.56 Å². The van der Waals surface area contributed by atoms with Gasteiger partial charge in [-0.15, -0.1) is 11.3 Å². The third-order valence-corrected chi connectivity index (χ3v) is 9.00. The molecule has 7 rings (SSSR count). The molecule has 10 nitrogen and oxygen atoms in total. The van der Waals surface area contributed by atoms with Crippen LogP contribution in [0.25, 0.3) is 10.2 Å². The van der Waals surface area contributed by atoms with Crippen LogP contribution in [0.5, 0.6) is 0 Å². The Morgan fingerprint density at radius 1 is 1.10 bits per heavy atom. The van der Waals surface area contributed by atoms with E-state index in [0.717, 1.165) is 35.3 Å². The first-order valence-electron chi connectivity index (χ1n) is 13.9. The molecule has 11 heteroatoms. The second kappa shape index (κ2) is 10.6. The average Bonchev–Trinajstić information content (AvgIpc) is 3.80. The Morgan fingerprint density at radius 2 is 1.98 bits per heavy atom. The van der Waals surface area contributed by atoms with Crippen molar-refractivity contribution in [2.75, 3.05) is 48.4 Å². The topological polar surface area (TPSA) is 108 Å². The Bertz CT molecular complexity index is 1510. The molecule has 5 heterocycles. The van der Waals surface area contributed by atoms with Gasteiger partial charge in [-0.25, -0.2) is 4.98 Å². The molecule has 0 spiro atoms. The van der Waals surface area contributed by atoms with Crippen LogP contribution < -0.4 is 15.5 Å². The van der Waals surface area contributed by atoms with Crippen LogP contribution in [0.15, 0.2) is 54.0 Å². The average molecular weight is 557 g/mol. The molecule has 0 aliphatic carbocycles. The zero-order valence-corrected chi connectivity index (χ0v) is 23.2. The summed E-state index contributed by atoms with van der Waals surface area (Å²) in [7, 11) is 0. The largest absolute Gasteiger partial charge is 0.381 e. The van der Waals surface area contributed by atoms with Crippen LogP contribution in [0.3, 0.4) is 0 Å². The van der Waals surface area contributed by atoms with Crippen LogP contribution in [0.2, 0.25) is 0 Å². The monoisotopic (exact) mass is 556 g/mol. The number of carbonyl (C=O) groups excluding carboxylic acids is 1. The van der Waals surface area contributed by atoms with Crippen molar-refractivity contribution in [2.45, 2.75) is 37.8 Å². The molecule has 3 aliphatic rings. The minimum absolute atomic E-state index is 0.000862. The number of nitrogens with zero attached hydrogens (tertiary/aromatic N) is 6. The van der Waals surface area contributed by atoms with Crippen molar-refractivity contribution in [2.24, 2.45) is 5.92 Å². The van der Waals surface area contributed by atoms with Crippen LogP contribution in [-0.2, 0) is 9.53 Å². The van der Waals surface area contributed by atoms with Crippen molar-refractivity contribution in [1.82, 2.24) is 24.8 Å². The quantitative estimate of drug-likeness (QED) is 0.329. The Kier molecular flexibility index (Phi) is 6.68. The lowest BCUT2D eigenvalue weighted by Gasteiger charge is -2.35. The Balaban J connectivity index is 1.12. The van der Waals surface area contributed by atoms with Crippen molar-refractivity contribution >= 4 is 51.0 Å². The number of fused-ring (bicyclic) bond motifs is 3. The van der Waals surface area contributed by atoms with E-state index in [-0.39, 0.29) is 29.8 Å². The second-order valence-electron chi connectivity index (χ2n) is 10.9. The maximum absolute atomic E-state index is 13.1. The molecule has 40 heavy (non-hydrogen) atoms. The van der Waals surface area contributed by atoms with Crippen molar-refractivity contribution < 1.29 is 9.53 Å². The summed E-state index contributed by atoms with van der Waals surface area (Å²) in [6, 6.07) is 16.8. The molecule has 2 aromatic carbocycles. The van der Waals surface area contributed by atoms with Crippen molar-refractivity contribution in [3.63, 3.8) is 0 Å². The lowest BCUT2D eigenvalue weighted by atomic mass is 10.0. The van der Waals surface area contributed by atoms with E-state index >= 15 is 0 Å². The van der Waals surface area contributed by atoms with Crippen LogP contribution in [0, 0.1) is 5.92 Å². The summed E-state index contributed by atoms with van der Waals surface area (Å²) in [6.45, 7) is 5.53. The summed E-state index contributed by atoms with van der Waals surface area (Å²) < 4.78 is 6.57. The number of hydrogen-bond acceptors (Lipinski definition) is 10. The number of likely N-dealkylation sites (tertiary alicyclic amines) is 1. The molecular weight excluding hydrogens is 524 g/mol. The Morgan fingerprint density at radius 3 is 2.77 bits per heavy atom. The minimum atomic E-state index is -0.000862. The van der Waals surface area contributed by atoms with Crippen molar-refractivity contribution in [3.8, 4) is 0 Å². The predicted molar refractivity (Wildman–Crippen MR) is 156 cm³/mol. The van der Waals surface area contributed by atoms with E-state index in [2.05, 4.69) is 62.7 Å². The molecule has 206 valence electrons. The second-order valence-corrected chi connectivity index (χ2v) is 11.8. The van der Waals surface area contributed by atoms with Crippen LogP contribution in [0.1, 0.15) is 31.2 Å². The summed E-state index contributed by atoms with van der Waals surface area (Å²) in [5.41, 5.74) is 4.98. The van der Waals surface area contributed by atoms with Crippen LogP contribution in [0.4, 0.5) is 23.5 Å². The number of hydrogen-bond donors (Lipinski definition) is 2. The normalized spacial score (nSPS) is 22.7. The highest BCUT2D eigenvalue weighted by Gasteiger charge is 2.47. The molecule has 3 saturated heterocycles. The lowest BCUT2D eigenvalue weighted by molar-refractivity contribution is -0.136. The van der Waals surface area contributed by atoms with Gasteiger partial charge in [-0.3, -0.25) is 4.79 Å². The third-order valence-electron chi connectivity index (χ3n) is 8.21. The lowest BCUT2D eigenvalue weighted by Crippen LogP contribution is -2.51. The summed E-state index contributed by atoms with van der Waals surface area (Å²) in [5.74, 6) is 2.18. The molecule has 3 fully saturated rings. The highest BCUT2D eigenvalue weighted by Crippen LogP contribution is 2.35. The highest BCUT2D eigenvalue weighted by molar-refractivity contribution is 7.16. The van der Waals surface area contributed by atoms with Gasteiger partial charge in [0.1, 0.15) is 0 Å². The van der Waals surface area contributed by atoms with Gasteiger partial charge >= 0.3 is 0 Å². The predicted octanol–water partition coefficient (Wildman–Crippen LogP) is 4.27. The summed E-state index contributed by atoms with van der Waals surface area (Å²) in [5, 5.41) is 6.84. The third kappa shape index (κ3) is 4.95. The number of anilines is 4. The first kappa shape index (κ1) is 25.2. The molecule has 0 saturated carbocycles. The zero-order chi connectivity index (χ0) is 27.1. The maximum Gasteiger partial charge on any atom is 0.233 e. The van der Waals surface area contributed by atoms with E-state index in [0.29, 0.717) is 44.1 Å². The van der Waals surface area contributed by atoms with Crippen LogP contribution >= 0.6 is 11.3 Å². The number of aromatic nitrogens is 4. The first-order chi connectivity index (χ1) is 19.6. The van der Waals surface area contributed by atoms with Gasteiger partial charge in [0.25, 0.3) is 0 Å². The molecule has 2 N–H and O–H groups in total. The molecule has 4 aromatic rings. The number of piperazine rings is 1. The zero-order valence-electron chi connectivity index (χ0n) is 22.4. The van der Waals surface area contributed by atoms with Gasteiger partial charge in [0, 0.05) is 31.9 Å². The standard InChI is InChI=1S/C29H32N8O2S/c1-18(19-5-3-2-4-6-19)13-30-27-33-28(32-21-7-8-24-25(11-21)40-17-31-24)35-29(34-27)37-15-22-12-23(37)14-36(22)26(38)20-9-10-39-16-20/h2-8,11,17-18,20,22-23H,9-10,12-16H2,1H3,(H2,30,32,33,34,35). The number of carbonyl (C=O) groups is 1. The molecular formula is C29H32N8O2S. The van der Waals surface area contributed by atoms with Crippen molar-refractivity contribution in [1.29, 1.82) is 0 Å². The van der Waals surface area contributed by atoms with Gasteiger partial charge in [0.05, 0.1) is 40.3 Å². The molecule has 0 radical (unpaired) electrons. The van der Waals surface area contributed by atoms with E-state index in [4.69, 9.17) is 19.7 Å². The van der Waals surface area contributed by atoms with Gasteiger partial charge in [-0.05, 0) is 42.5 Å². The summed E-state index contributed by atoms with van der Waals surface area (Å²) >= 11 is 1.60. The number of thiazole rings is 1. The van der Waals surface area contributed by atoms with Crippen LogP contribution in [-0.4, -0.2) is 75.7 Å². The molecule has 2 bridgehead atoms. The Labute approximate surface area is 236 Å². The number of benzene rings is 2. The van der Waals surface area contributed by atoms with E-state index in [9.17, 15) is 4.79 Å². The van der Waals surface area contributed by atoms with E-state index < -0.39 is 0 Å². The highest BCUT2D eigenvalue weighted by atomic mass is 32.1. The molecule has 4 unspecified atom stereocenters. The fourth-order valence-electron chi connectivity index (χ4n) is 5.98. The van der Waals surface area contributed by atoms with E-state index in [1.54, 1.807) is 11.3 Å². The minimum Gasteiger partial charge on any atom is -0.381 e. The number of rotatable bonds is 8. The van der Waals surface area contributed by atoms with Gasteiger partial charge < -0.3 is 25.2 Å². The fourth-order valence-corrected chi connectivity index (χ4v) is 6.70. The van der Waals surface area contributed by atoms with Gasteiger partial charge in [-0.2, -0.15) is 15.0 Å². The smallest absolute Gasteiger partial charge is 0.233 e. The molecule has 1 amide bonds. The molecule has 3 aliphatic heterocycles. The number of nitrogens with one attached hydrogen (secondary N) is 2. The molecule has 4 atom stereocenters. The summed E-state index contributed by atoms with van der Waals surface area (Å²) in [4.78, 5) is 36.2. The Hall–Kier alpha value is -3.83. The number of amides is 1.